The van der Waals surface area contributed by atoms with E-state index in [1.165, 1.54) is 0 Å². The molecule has 5 N–H and O–H groups in total. The lowest BCUT2D eigenvalue weighted by Crippen LogP contribution is -2.55. The van der Waals surface area contributed by atoms with E-state index >= 15 is 0 Å². The van der Waals surface area contributed by atoms with Gasteiger partial charge in [0.1, 0.15) is 5.75 Å². The number of hydrogen-bond acceptors (Lipinski definition) is 8. The van der Waals surface area contributed by atoms with Gasteiger partial charge in [0.05, 0.1) is 15.0 Å². The molecule has 288 valence electrons. The normalized spacial score (nSPS) is 17.4. The number of rotatable bonds is 13. The SMILES string of the molecule is NCCCC[C@H](CC(=O)[C@@H](Cc1cc(Br)c(O)c(Br)c1)NC(=O)N1CCC(N2Cc3ccccc3NC2=O)CC1)C(=O)N1CCN(c2ccncc2)CC1. The number of phenols is 1. The standard InChI is InChI=1S/C39H48Br2N8O5/c40-31-21-26(22-32(41)36(31)51)23-34(45-38(53)48-15-10-30(11-16-48)49-25-28-6-1-2-7-33(28)44-39(49)54)35(50)24-27(5-3-4-12-42)37(52)47-19-17-46(18-20-47)29-8-13-43-14-9-29/h1-2,6-9,13-14,21-22,27,30,34,51H,3-5,10-12,15-20,23-25,42H2,(H,44,54)(H,45,53)/t27-,34-/m1/s1. The number of aromatic hydroxyl groups is 1. The zero-order chi connectivity index (χ0) is 38.2. The molecule has 3 aliphatic rings. The number of nitrogens with one attached hydrogen (secondary N) is 2. The third-order valence-electron chi connectivity index (χ3n) is 10.7. The number of fused-ring (bicyclic) bond motifs is 1. The summed E-state index contributed by atoms with van der Waals surface area (Å²) in [6.45, 7) is 4.29. The van der Waals surface area contributed by atoms with Crippen molar-refractivity contribution in [3.8, 4) is 5.75 Å². The van der Waals surface area contributed by atoms with E-state index in [-0.39, 0.29) is 48.4 Å². The van der Waals surface area contributed by atoms with Crippen molar-refractivity contribution < 1.29 is 24.3 Å². The molecule has 0 spiro atoms. The number of hydrogen-bond donors (Lipinski definition) is 4. The number of urea groups is 2. The number of carbonyl (C=O) groups excluding carboxylic acids is 4. The van der Waals surface area contributed by atoms with E-state index in [0.717, 1.165) is 28.9 Å². The second-order valence-corrected chi connectivity index (χ2v) is 15.9. The Balaban J connectivity index is 1.13. The van der Waals surface area contributed by atoms with Crippen LogP contribution >= 0.6 is 31.9 Å². The van der Waals surface area contributed by atoms with Gasteiger partial charge in [0.15, 0.2) is 5.78 Å². The highest BCUT2D eigenvalue weighted by Gasteiger charge is 2.35. The van der Waals surface area contributed by atoms with Crippen LogP contribution in [-0.4, -0.2) is 106 Å². The topological polar surface area (TPSA) is 164 Å². The van der Waals surface area contributed by atoms with Crippen LogP contribution in [0.1, 0.15) is 49.7 Å². The number of phenolic OH excluding ortho intramolecular Hbond substituents is 1. The Kier molecular flexibility index (Phi) is 13.5. The van der Waals surface area contributed by atoms with Gasteiger partial charge < -0.3 is 41.1 Å². The van der Waals surface area contributed by atoms with E-state index < -0.39 is 12.0 Å². The van der Waals surface area contributed by atoms with Crippen molar-refractivity contribution in [2.75, 3.05) is 56.0 Å². The third-order valence-corrected chi connectivity index (χ3v) is 11.9. The lowest BCUT2D eigenvalue weighted by Gasteiger charge is -2.40. The number of ketones is 1. The highest BCUT2D eigenvalue weighted by atomic mass is 79.9. The first kappa shape index (κ1) is 39.5. The van der Waals surface area contributed by atoms with Crippen molar-refractivity contribution in [3.05, 3.63) is 81.0 Å². The molecule has 0 unspecified atom stereocenters. The Morgan fingerprint density at radius 2 is 1.63 bits per heavy atom. The molecule has 2 saturated heterocycles. The van der Waals surface area contributed by atoms with Crippen LogP contribution in [0.2, 0.25) is 0 Å². The number of benzene rings is 2. The van der Waals surface area contributed by atoms with Crippen molar-refractivity contribution in [3.63, 3.8) is 0 Å². The molecule has 1 aromatic heterocycles. The minimum atomic E-state index is -0.920. The van der Waals surface area contributed by atoms with Crippen molar-refractivity contribution >= 4 is 67.0 Å². The molecule has 13 nitrogen and oxygen atoms in total. The number of pyridine rings is 1. The maximum absolute atomic E-state index is 14.3. The molecular weight excluding hydrogens is 820 g/mol. The molecule has 6 rings (SSSR count). The summed E-state index contributed by atoms with van der Waals surface area (Å²) in [5.74, 6) is -0.801. The van der Waals surface area contributed by atoms with Crippen LogP contribution in [0, 0.1) is 5.92 Å². The number of likely N-dealkylation sites (tertiary alicyclic amines) is 1. The quantitative estimate of drug-likeness (QED) is 0.164. The number of para-hydroxylation sites is 1. The first-order valence-electron chi connectivity index (χ1n) is 18.7. The summed E-state index contributed by atoms with van der Waals surface area (Å²) in [5, 5.41) is 16.3. The summed E-state index contributed by atoms with van der Waals surface area (Å²) in [7, 11) is 0. The summed E-state index contributed by atoms with van der Waals surface area (Å²) in [4.78, 5) is 66.9. The highest BCUT2D eigenvalue weighted by Crippen LogP contribution is 2.34. The fourth-order valence-electron chi connectivity index (χ4n) is 7.59. The molecule has 0 aliphatic carbocycles. The van der Waals surface area contributed by atoms with Crippen LogP contribution in [0.25, 0.3) is 0 Å². The van der Waals surface area contributed by atoms with Gasteiger partial charge >= 0.3 is 12.1 Å². The van der Waals surface area contributed by atoms with E-state index in [1.54, 1.807) is 29.4 Å². The first-order chi connectivity index (χ1) is 26.1. The van der Waals surface area contributed by atoms with Gasteiger partial charge in [-0.05, 0) is 112 Å². The summed E-state index contributed by atoms with van der Waals surface area (Å²) in [6.07, 6.45) is 6.84. The van der Waals surface area contributed by atoms with Gasteiger partial charge in [0.25, 0.3) is 0 Å². The summed E-state index contributed by atoms with van der Waals surface area (Å²) in [5.41, 5.74) is 9.46. The first-order valence-corrected chi connectivity index (χ1v) is 20.2. The monoisotopic (exact) mass is 866 g/mol. The zero-order valence-corrected chi connectivity index (χ0v) is 33.4. The van der Waals surface area contributed by atoms with Gasteiger partial charge in [0.2, 0.25) is 5.91 Å². The molecule has 54 heavy (non-hydrogen) atoms. The van der Waals surface area contributed by atoms with Crippen molar-refractivity contribution in [1.29, 1.82) is 0 Å². The lowest BCUT2D eigenvalue weighted by atomic mass is 9.90. The number of Topliss-reactive ketones (excluding diaryl/α,β-unsaturated/α-hetero) is 1. The largest absolute Gasteiger partial charge is 0.506 e. The highest BCUT2D eigenvalue weighted by molar-refractivity contribution is 9.11. The van der Waals surface area contributed by atoms with Gasteiger partial charge in [0, 0.05) is 88.0 Å². The number of piperidine rings is 1. The fraction of sp³-hybridized carbons (Fsp3) is 0.462. The Bertz CT molecular complexity index is 1780. The van der Waals surface area contributed by atoms with E-state index in [0.29, 0.717) is 87.0 Å². The molecule has 2 aromatic carbocycles. The van der Waals surface area contributed by atoms with E-state index in [1.807, 2.05) is 46.2 Å². The number of amides is 5. The Labute approximate surface area is 332 Å². The number of piperazine rings is 1. The zero-order valence-electron chi connectivity index (χ0n) is 30.3. The van der Waals surface area contributed by atoms with Crippen LogP contribution in [0.3, 0.4) is 0 Å². The van der Waals surface area contributed by atoms with E-state index in [4.69, 9.17) is 5.73 Å². The van der Waals surface area contributed by atoms with Crippen LogP contribution in [-0.2, 0) is 22.6 Å². The summed E-state index contributed by atoms with van der Waals surface area (Å²) < 4.78 is 0.910. The average Bonchev–Trinajstić information content (AvgIpc) is 3.19. The molecule has 2 atom stereocenters. The minimum absolute atomic E-state index is 0.0209. The van der Waals surface area contributed by atoms with Crippen molar-refractivity contribution in [2.45, 2.75) is 63.6 Å². The predicted octanol–water partition coefficient (Wildman–Crippen LogP) is 5.50. The van der Waals surface area contributed by atoms with Gasteiger partial charge in [-0.2, -0.15) is 0 Å². The molecule has 5 amide bonds. The Hall–Kier alpha value is -4.21. The van der Waals surface area contributed by atoms with Crippen LogP contribution in [0.4, 0.5) is 21.0 Å². The molecule has 2 fully saturated rings. The molecule has 0 saturated carbocycles. The van der Waals surface area contributed by atoms with Gasteiger partial charge in [-0.25, -0.2) is 9.59 Å². The molecule has 15 heteroatoms. The smallest absolute Gasteiger partial charge is 0.322 e. The Morgan fingerprint density at radius 1 is 0.944 bits per heavy atom. The molecular formula is C39H48Br2N8O5. The van der Waals surface area contributed by atoms with E-state index in [9.17, 15) is 24.3 Å². The molecule has 0 radical (unpaired) electrons. The number of unbranched alkanes of at least 4 members (excludes halogenated alkanes) is 1. The summed E-state index contributed by atoms with van der Waals surface area (Å²) in [6, 6.07) is 13.7. The predicted molar refractivity (Wildman–Crippen MR) is 214 cm³/mol. The average molecular weight is 869 g/mol. The number of nitrogens with zero attached hydrogens (tertiary/aromatic N) is 5. The molecule has 0 bridgehead atoms. The molecule has 4 heterocycles. The van der Waals surface area contributed by atoms with Gasteiger partial charge in [-0.3, -0.25) is 14.6 Å². The summed E-state index contributed by atoms with van der Waals surface area (Å²) >= 11 is 6.77. The van der Waals surface area contributed by atoms with Crippen molar-refractivity contribution in [2.24, 2.45) is 11.7 Å². The van der Waals surface area contributed by atoms with Crippen LogP contribution < -0.4 is 21.3 Å². The lowest BCUT2D eigenvalue weighted by molar-refractivity contribution is -0.139. The molecule has 3 aromatic rings. The fourth-order valence-corrected chi connectivity index (χ4v) is 8.87. The van der Waals surface area contributed by atoms with Crippen LogP contribution in [0.5, 0.6) is 5.75 Å². The Morgan fingerprint density at radius 3 is 2.31 bits per heavy atom. The third kappa shape index (κ3) is 9.71. The molecule has 3 aliphatic heterocycles. The maximum atomic E-state index is 14.3. The number of anilines is 2. The number of aromatic nitrogens is 1. The van der Waals surface area contributed by atoms with Gasteiger partial charge in [-0.15, -0.1) is 0 Å². The number of halogens is 2. The van der Waals surface area contributed by atoms with Crippen molar-refractivity contribution in [1.82, 2.24) is 25.0 Å². The number of carbonyl (C=O) groups is 4. The van der Waals surface area contributed by atoms with Gasteiger partial charge in [-0.1, -0.05) is 24.6 Å². The van der Waals surface area contributed by atoms with E-state index in [2.05, 4.69) is 52.4 Å². The minimum Gasteiger partial charge on any atom is -0.506 e. The second kappa shape index (κ2) is 18.4. The maximum Gasteiger partial charge on any atom is 0.322 e. The van der Waals surface area contributed by atoms with Crippen LogP contribution in [0.15, 0.2) is 69.9 Å². The number of nitrogens with two attached hydrogens (primary N) is 1. The second-order valence-electron chi connectivity index (χ2n) is 14.2.